The van der Waals surface area contributed by atoms with Crippen molar-refractivity contribution >= 4 is 24.2 Å². The first-order valence-electron chi connectivity index (χ1n) is 9.32. The molecule has 3 N–H and O–H groups in total. The van der Waals surface area contributed by atoms with Gasteiger partial charge in [0.05, 0.1) is 0 Å². The van der Waals surface area contributed by atoms with Crippen LogP contribution in [0.5, 0.6) is 0 Å². The van der Waals surface area contributed by atoms with Crippen LogP contribution in [-0.4, -0.2) is 37.5 Å². The van der Waals surface area contributed by atoms with Crippen molar-refractivity contribution in [3.63, 3.8) is 0 Å². The monoisotopic (exact) mass is 381 g/mol. The average Bonchev–Trinajstić information content (AvgIpc) is 3.07. The van der Waals surface area contributed by atoms with Gasteiger partial charge in [0, 0.05) is 12.1 Å². The first kappa shape index (κ1) is 22.5. The van der Waals surface area contributed by atoms with Gasteiger partial charge < -0.3 is 16.0 Å². The van der Waals surface area contributed by atoms with Crippen molar-refractivity contribution in [3.05, 3.63) is 35.4 Å². The molecule has 6 heteroatoms. The number of carbonyl (C=O) groups excluding carboxylic acids is 2. The number of benzene rings is 1. The Morgan fingerprint density at radius 2 is 2.00 bits per heavy atom. The van der Waals surface area contributed by atoms with Crippen LogP contribution in [0.3, 0.4) is 0 Å². The minimum Gasteiger partial charge on any atom is -0.354 e. The Labute approximate surface area is 163 Å². The Kier molecular flexibility index (Phi) is 9.66. The molecule has 1 saturated heterocycles. The summed E-state index contributed by atoms with van der Waals surface area (Å²) in [6.07, 6.45) is 2.79. The van der Waals surface area contributed by atoms with Gasteiger partial charge in [-0.15, -0.1) is 12.4 Å². The van der Waals surface area contributed by atoms with Crippen molar-refractivity contribution in [2.45, 2.75) is 46.1 Å². The van der Waals surface area contributed by atoms with Gasteiger partial charge in [0.1, 0.15) is 6.04 Å². The van der Waals surface area contributed by atoms with E-state index < -0.39 is 6.04 Å². The molecule has 1 aliphatic heterocycles. The molecule has 1 aliphatic rings. The summed E-state index contributed by atoms with van der Waals surface area (Å²) < 4.78 is 0. The third-order valence-corrected chi connectivity index (χ3v) is 4.73. The summed E-state index contributed by atoms with van der Waals surface area (Å²) in [6, 6.07) is 6.95. The third kappa shape index (κ3) is 6.96. The number of rotatable bonds is 8. The Morgan fingerprint density at radius 3 is 2.62 bits per heavy atom. The zero-order chi connectivity index (χ0) is 18.2. The highest BCUT2D eigenvalue weighted by molar-refractivity contribution is 5.98. The highest BCUT2D eigenvalue weighted by atomic mass is 35.5. The zero-order valence-electron chi connectivity index (χ0n) is 16.0. The standard InChI is InChI=1S/C20H31N3O2.ClH/c1-14(2)12-18(20(25)22-11-9-16-8-10-21-13-16)23-19(24)17-7-5-4-6-15(17)3;/h4-7,14,16,18,21H,8-13H2,1-3H3,(H,22,25)(H,23,24);1H. The lowest BCUT2D eigenvalue weighted by atomic mass is 10.0. The topological polar surface area (TPSA) is 70.2 Å². The van der Waals surface area contributed by atoms with Gasteiger partial charge >= 0.3 is 0 Å². The van der Waals surface area contributed by atoms with Crippen LogP contribution in [0.15, 0.2) is 24.3 Å². The van der Waals surface area contributed by atoms with Crippen LogP contribution in [0.1, 0.15) is 49.0 Å². The van der Waals surface area contributed by atoms with Gasteiger partial charge in [0.15, 0.2) is 0 Å². The lowest BCUT2D eigenvalue weighted by molar-refractivity contribution is -0.123. The summed E-state index contributed by atoms with van der Waals surface area (Å²) in [5.41, 5.74) is 1.54. The highest BCUT2D eigenvalue weighted by Gasteiger charge is 2.23. The van der Waals surface area contributed by atoms with E-state index in [1.54, 1.807) is 6.07 Å². The molecule has 0 aliphatic carbocycles. The van der Waals surface area contributed by atoms with Gasteiger partial charge in [-0.2, -0.15) is 0 Å². The number of hydrogen-bond acceptors (Lipinski definition) is 3. The minimum absolute atomic E-state index is 0. The van der Waals surface area contributed by atoms with Gasteiger partial charge in [0.2, 0.25) is 5.91 Å². The Balaban J connectivity index is 0.00000338. The molecule has 146 valence electrons. The number of hydrogen-bond donors (Lipinski definition) is 3. The van der Waals surface area contributed by atoms with Crippen LogP contribution in [0.25, 0.3) is 0 Å². The molecular weight excluding hydrogens is 350 g/mol. The van der Waals surface area contributed by atoms with Crippen LogP contribution in [0.2, 0.25) is 0 Å². The van der Waals surface area contributed by atoms with Crippen molar-refractivity contribution in [1.29, 1.82) is 0 Å². The first-order valence-corrected chi connectivity index (χ1v) is 9.32. The fourth-order valence-corrected chi connectivity index (χ4v) is 3.25. The van der Waals surface area contributed by atoms with E-state index in [2.05, 4.69) is 29.8 Å². The lowest BCUT2D eigenvalue weighted by Gasteiger charge is -2.21. The van der Waals surface area contributed by atoms with E-state index in [0.29, 0.717) is 30.4 Å². The van der Waals surface area contributed by atoms with Gasteiger partial charge in [0.25, 0.3) is 5.91 Å². The smallest absolute Gasteiger partial charge is 0.252 e. The molecule has 1 aromatic carbocycles. The SMILES string of the molecule is Cc1ccccc1C(=O)NC(CC(C)C)C(=O)NCCC1CCNC1.Cl. The summed E-state index contributed by atoms with van der Waals surface area (Å²) in [5.74, 6) is 0.706. The molecule has 1 fully saturated rings. The molecule has 0 bridgehead atoms. The lowest BCUT2D eigenvalue weighted by Crippen LogP contribution is -2.48. The minimum atomic E-state index is -0.492. The summed E-state index contributed by atoms with van der Waals surface area (Å²) in [4.78, 5) is 25.1. The molecule has 1 aromatic rings. The molecule has 0 spiro atoms. The maximum Gasteiger partial charge on any atom is 0.252 e. The largest absolute Gasteiger partial charge is 0.354 e. The van der Waals surface area contributed by atoms with Crippen molar-refractivity contribution in [2.24, 2.45) is 11.8 Å². The maximum atomic E-state index is 12.6. The molecule has 5 nitrogen and oxygen atoms in total. The summed E-state index contributed by atoms with van der Waals surface area (Å²) >= 11 is 0. The Morgan fingerprint density at radius 1 is 1.27 bits per heavy atom. The van der Waals surface area contributed by atoms with Crippen LogP contribution >= 0.6 is 12.4 Å². The highest BCUT2D eigenvalue weighted by Crippen LogP contribution is 2.12. The molecule has 2 rings (SSSR count). The van der Waals surface area contributed by atoms with E-state index in [1.165, 1.54) is 6.42 Å². The van der Waals surface area contributed by atoms with Crippen LogP contribution < -0.4 is 16.0 Å². The zero-order valence-corrected chi connectivity index (χ0v) is 16.8. The van der Waals surface area contributed by atoms with E-state index in [-0.39, 0.29) is 24.2 Å². The van der Waals surface area contributed by atoms with Crippen LogP contribution in [-0.2, 0) is 4.79 Å². The second-order valence-electron chi connectivity index (χ2n) is 7.41. The number of amides is 2. The van der Waals surface area contributed by atoms with Gasteiger partial charge in [-0.05, 0) is 62.7 Å². The summed E-state index contributed by atoms with van der Waals surface area (Å²) in [6.45, 7) is 8.80. The molecule has 1 heterocycles. The maximum absolute atomic E-state index is 12.6. The van der Waals surface area contributed by atoms with E-state index in [4.69, 9.17) is 0 Å². The Bertz CT molecular complexity index is 586. The molecule has 26 heavy (non-hydrogen) atoms. The second kappa shape index (κ2) is 11.2. The number of carbonyl (C=O) groups is 2. The molecule has 2 unspecified atom stereocenters. The molecule has 0 saturated carbocycles. The van der Waals surface area contributed by atoms with Crippen LogP contribution in [0, 0.1) is 18.8 Å². The van der Waals surface area contributed by atoms with Gasteiger partial charge in [-0.3, -0.25) is 9.59 Å². The quantitative estimate of drug-likeness (QED) is 0.648. The van der Waals surface area contributed by atoms with Gasteiger partial charge in [-0.25, -0.2) is 0 Å². The van der Waals surface area contributed by atoms with Crippen molar-refractivity contribution in [3.8, 4) is 0 Å². The van der Waals surface area contributed by atoms with Crippen LogP contribution in [0.4, 0.5) is 0 Å². The number of halogens is 1. The molecule has 2 atom stereocenters. The molecule has 0 aromatic heterocycles. The molecular formula is C20H32ClN3O2. The van der Waals surface area contributed by atoms with Gasteiger partial charge in [-0.1, -0.05) is 32.0 Å². The second-order valence-corrected chi connectivity index (χ2v) is 7.41. The normalized spacial score (nSPS) is 17.5. The van der Waals surface area contributed by atoms with E-state index in [1.807, 2.05) is 25.1 Å². The molecule has 2 amide bonds. The van der Waals surface area contributed by atoms with E-state index in [0.717, 1.165) is 25.1 Å². The fraction of sp³-hybridized carbons (Fsp3) is 0.600. The first-order chi connectivity index (χ1) is 12.0. The summed E-state index contributed by atoms with van der Waals surface area (Å²) in [5, 5.41) is 9.26. The van der Waals surface area contributed by atoms with Crippen molar-refractivity contribution in [1.82, 2.24) is 16.0 Å². The third-order valence-electron chi connectivity index (χ3n) is 4.73. The average molecular weight is 382 g/mol. The Hall–Kier alpha value is -1.59. The number of aryl methyl sites for hydroxylation is 1. The molecule has 0 radical (unpaired) electrons. The predicted octanol–water partition coefficient (Wildman–Crippen LogP) is 2.68. The van der Waals surface area contributed by atoms with E-state index in [9.17, 15) is 9.59 Å². The number of nitrogens with one attached hydrogen (secondary N) is 3. The van der Waals surface area contributed by atoms with E-state index >= 15 is 0 Å². The predicted molar refractivity (Wildman–Crippen MR) is 108 cm³/mol. The fourth-order valence-electron chi connectivity index (χ4n) is 3.25. The summed E-state index contributed by atoms with van der Waals surface area (Å²) in [7, 11) is 0. The van der Waals surface area contributed by atoms with Crippen molar-refractivity contribution < 1.29 is 9.59 Å². The van der Waals surface area contributed by atoms with Crippen molar-refractivity contribution in [2.75, 3.05) is 19.6 Å².